The fourth-order valence-electron chi connectivity index (χ4n) is 3.07. The second-order valence-electron chi connectivity index (χ2n) is 6.28. The molecule has 6 nitrogen and oxygen atoms in total. The number of nitrogens with one attached hydrogen (secondary N) is 2. The molecule has 0 radical (unpaired) electrons. The predicted octanol–water partition coefficient (Wildman–Crippen LogP) is 3.70. The van der Waals surface area contributed by atoms with E-state index in [9.17, 15) is 0 Å². The maximum absolute atomic E-state index is 5.41. The largest absolute Gasteiger partial charge is 0.493 e. The first-order chi connectivity index (χ1) is 13.2. The first-order valence-electron chi connectivity index (χ1n) is 8.75. The van der Waals surface area contributed by atoms with Gasteiger partial charge in [-0.3, -0.25) is 5.10 Å². The zero-order valence-electron chi connectivity index (χ0n) is 16.1. The van der Waals surface area contributed by atoms with Crippen molar-refractivity contribution in [1.82, 2.24) is 15.5 Å². The summed E-state index contributed by atoms with van der Waals surface area (Å²) in [6.45, 7) is 3.44. The Morgan fingerprint density at radius 1 is 0.963 bits per heavy atom. The molecule has 1 aromatic heterocycles. The van der Waals surface area contributed by atoms with Crippen LogP contribution in [0.4, 0.5) is 0 Å². The number of methoxy groups -OCH3 is 3. The van der Waals surface area contributed by atoms with Gasteiger partial charge >= 0.3 is 0 Å². The molecule has 0 aliphatic heterocycles. The predicted molar refractivity (Wildman–Crippen MR) is 105 cm³/mol. The summed E-state index contributed by atoms with van der Waals surface area (Å²) in [6, 6.07) is 12.3. The van der Waals surface area contributed by atoms with Gasteiger partial charge in [-0.15, -0.1) is 0 Å². The zero-order valence-corrected chi connectivity index (χ0v) is 16.1. The number of hydrogen-bond donors (Lipinski definition) is 2. The highest BCUT2D eigenvalue weighted by atomic mass is 16.5. The highest BCUT2D eigenvalue weighted by Crippen LogP contribution is 2.38. The summed E-state index contributed by atoms with van der Waals surface area (Å²) >= 11 is 0. The summed E-state index contributed by atoms with van der Waals surface area (Å²) in [5.41, 5.74) is 5.56. The third-order valence-electron chi connectivity index (χ3n) is 4.39. The van der Waals surface area contributed by atoms with Crippen molar-refractivity contribution < 1.29 is 14.2 Å². The molecule has 0 spiro atoms. The van der Waals surface area contributed by atoms with E-state index in [0.29, 0.717) is 30.3 Å². The number of rotatable bonds is 8. The first kappa shape index (κ1) is 18.8. The van der Waals surface area contributed by atoms with Gasteiger partial charge in [-0.05, 0) is 30.7 Å². The standard InChI is InChI=1S/C21H25N3O3/c1-14-6-5-7-16(8-14)20-17(13-23-24-20)12-22-11-15-9-18(25-2)21(27-4)19(10-15)26-3/h5-10,13,22H,11-12H2,1-4H3,(H,23,24). The molecule has 0 aliphatic rings. The fourth-order valence-corrected chi connectivity index (χ4v) is 3.07. The number of hydrogen-bond acceptors (Lipinski definition) is 5. The molecule has 0 saturated heterocycles. The number of benzene rings is 2. The van der Waals surface area contributed by atoms with Gasteiger partial charge in [0, 0.05) is 24.2 Å². The lowest BCUT2D eigenvalue weighted by Gasteiger charge is -2.14. The van der Waals surface area contributed by atoms with Gasteiger partial charge in [-0.2, -0.15) is 5.10 Å². The van der Waals surface area contributed by atoms with Crippen molar-refractivity contribution in [2.75, 3.05) is 21.3 Å². The second-order valence-corrected chi connectivity index (χ2v) is 6.28. The monoisotopic (exact) mass is 367 g/mol. The van der Waals surface area contributed by atoms with E-state index in [1.165, 1.54) is 5.56 Å². The molecule has 0 saturated carbocycles. The molecular weight excluding hydrogens is 342 g/mol. The van der Waals surface area contributed by atoms with Gasteiger partial charge in [0.2, 0.25) is 5.75 Å². The van der Waals surface area contributed by atoms with Gasteiger partial charge in [0.15, 0.2) is 11.5 Å². The van der Waals surface area contributed by atoms with Crippen molar-refractivity contribution in [2.24, 2.45) is 0 Å². The molecule has 1 heterocycles. The molecule has 3 aromatic rings. The average Bonchev–Trinajstić information content (AvgIpc) is 3.15. The minimum Gasteiger partial charge on any atom is -0.493 e. The molecule has 0 fully saturated rings. The Balaban J connectivity index is 1.72. The van der Waals surface area contributed by atoms with Crippen LogP contribution in [-0.2, 0) is 13.1 Å². The van der Waals surface area contributed by atoms with Crippen LogP contribution < -0.4 is 19.5 Å². The van der Waals surface area contributed by atoms with Crippen LogP contribution in [0.25, 0.3) is 11.3 Å². The summed E-state index contributed by atoms with van der Waals surface area (Å²) in [7, 11) is 4.84. The number of H-pyrrole nitrogens is 1. The van der Waals surface area contributed by atoms with Gasteiger partial charge in [0.1, 0.15) is 0 Å². The van der Waals surface area contributed by atoms with E-state index in [2.05, 4.69) is 46.7 Å². The smallest absolute Gasteiger partial charge is 0.203 e. The lowest BCUT2D eigenvalue weighted by molar-refractivity contribution is 0.323. The molecule has 27 heavy (non-hydrogen) atoms. The minimum atomic E-state index is 0.598. The molecule has 0 bridgehead atoms. The summed E-state index contributed by atoms with van der Waals surface area (Å²) in [5.74, 6) is 1.90. The molecule has 142 valence electrons. The number of nitrogens with zero attached hydrogens (tertiary/aromatic N) is 1. The Morgan fingerprint density at radius 2 is 1.70 bits per heavy atom. The van der Waals surface area contributed by atoms with Gasteiger partial charge < -0.3 is 19.5 Å². The zero-order chi connectivity index (χ0) is 19.2. The van der Waals surface area contributed by atoms with Crippen LogP contribution in [0.2, 0.25) is 0 Å². The van der Waals surface area contributed by atoms with E-state index >= 15 is 0 Å². The summed E-state index contributed by atoms with van der Waals surface area (Å²) in [5, 5.41) is 10.8. The quantitative estimate of drug-likeness (QED) is 0.635. The molecule has 0 amide bonds. The van der Waals surface area contributed by atoms with Crippen molar-refractivity contribution in [2.45, 2.75) is 20.0 Å². The molecule has 6 heteroatoms. The summed E-state index contributed by atoms with van der Waals surface area (Å²) in [4.78, 5) is 0. The van der Waals surface area contributed by atoms with E-state index < -0.39 is 0 Å². The average molecular weight is 367 g/mol. The minimum absolute atomic E-state index is 0.598. The topological polar surface area (TPSA) is 68.4 Å². The van der Waals surface area contributed by atoms with Crippen LogP contribution in [0.15, 0.2) is 42.6 Å². The summed E-state index contributed by atoms with van der Waals surface area (Å²) < 4.78 is 16.2. The van der Waals surface area contributed by atoms with Crippen molar-refractivity contribution in [1.29, 1.82) is 0 Å². The van der Waals surface area contributed by atoms with Crippen molar-refractivity contribution in [3.05, 3.63) is 59.3 Å². The van der Waals surface area contributed by atoms with E-state index in [4.69, 9.17) is 14.2 Å². The SMILES string of the molecule is COc1cc(CNCc2cn[nH]c2-c2cccc(C)c2)cc(OC)c1OC. The molecule has 0 atom stereocenters. The maximum atomic E-state index is 5.41. The molecular formula is C21H25N3O3. The number of aromatic nitrogens is 2. The van der Waals surface area contributed by atoms with E-state index in [-0.39, 0.29) is 0 Å². The fraction of sp³-hybridized carbons (Fsp3) is 0.286. The highest BCUT2D eigenvalue weighted by molar-refractivity contribution is 5.63. The van der Waals surface area contributed by atoms with Gasteiger partial charge in [-0.25, -0.2) is 0 Å². The highest BCUT2D eigenvalue weighted by Gasteiger charge is 2.13. The number of aryl methyl sites for hydroxylation is 1. The van der Waals surface area contributed by atoms with Crippen molar-refractivity contribution in [3.8, 4) is 28.5 Å². The summed E-state index contributed by atoms with van der Waals surface area (Å²) in [6.07, 6.45) is 1.86. The van der Waals surface area contributed by atoms with E-state index in [1.54, 1.807) is 21.3 Å². The first-order valence-corrected chi connectivity index (χ1v) is 8.75. The number of ether oxygens (including phenoxy) is 3. The normalized spacial score (nSPS) is 10.7. The van der Waals surface area contributed by atoms with E-state index in [1.807, 2.05) is 18.3 Å². The molecule has 3 rings (SSSR count). The van der Waals surface area contributed by atoms with Crippen LogP contribution in [-0.4, -0.2) is 31.5 Å². The second kappa shape index (κ2) is 8.60. The maximum Gasteiger partial charge on any atom is 0.203 e. The van der Waals surface area contributed by atoms with Crippen LogP contribution >= 0.6 is 0 Å². The Morgan fingerprint density at radius 3 is 2.33 bits per heavy atom. The third-order valence-corrected chi connectivity index (χ3v) is 4.39. The van der Waals surface area contributed by atoms with Gasteiger partial charge in [0.25, 0.3) is 0 Å². The van der Waals surface area contributed by atoms with Crippen LogP contribution in [0.3, 0.4) is 0 Å². The molecule has 2 aromatic carbocycles. The van der Waals surface area contributed by atoms with Gasteiger partial charge in [-0.1, -0.05) is 23.8 Å². The van der Waals surface area contributed by atoms with E-state index in [0.717, 1.165) is 22.4 Å². The number of aromatic amines is 1. The Hall–Kier alpha value is -2.99. The Bertz CT molecular complexity index is 880. The molecule has 0 aliphatic carbocycles. The lowest BCUT2D eigenvalue weighted by atomic mass is 10.1. The van der Waals surface area contributed by atoms with Crippen molar-refractivity contribution in [3.63, 3.8) is 0 Å². The Kier molecular flexibility index (Phi) is 5.98. The molecule has 2 N–H and O–H groups in total. The Labute approximate surface area is 159 Å². The molecule has 0 unspecified atom stereocenters. The van der Waals surface area contributed by atoms with Crippen LogP contribution in [0, 0.1) is 6.92 Å². The lowest BCUT2D eigenvalue weighted by Crippen LogP contribution is -2.13. The third kappa shape index (κ3) is 4.23. The van der Waals surface area contributed by atoms with Crippen LogP contribution in [0.5, 0.6) is 17.2 Å². The van der Waals surface area contributed by atoms with Crippen molar-refractivity contribution >= 4 is 0 Å². The van der Waals surface area contributed by atoms with Crippen LogP contribution in [0.1, 0.15) is 16.7 Å². The van der Waals surface area contributed by atoms with Gasteiger partial charge in [0.05, 0.1) is 33.2 Å².